The van der Waals surface area contributed by atoms with E-state index in [2.05, 4.69) is 86.6 Å². The smallest absolute Gasteiger partial charge is 0.00672 e. The number of hydrogen-bond donors (Lipinski definition) is 0. The van der Waals surface area contributed by atoms with Crippen LogP contribution < -0.4 is 0 Å². The van der Waals surface area contributed by atoms with Crippen LogP contribution in [0.3, 0.4) is 0 Å². The van der Waals surface area contributed by atoms with E-state index in [0.717, 1.165) is 0 Å². The van der Waals surface area contributed by atoms with Crippen LogP contribution in [0, 0.1) is 13.8 Å². The van der Waals surface area contributed by atoms with Gasteiger partial charge in [-0.25, -0.2) is 0 Å². The summed E-state index contributed by atoms with van der Waals surface area (Å²) in [5.74, 6) is 0. The fourth-order valence-electron chi connectivity index (χ4n) is 3.47. The molecular weight excluding hydrogens is 288 g/mol. The fourth-order valence-corrected chi connectivity index (χ4v) is 3.47. The van der Waals surface area contributed by atoms with Gasteiger partial charge in [0.05, 0.1) is 0 Å². The molecule has 4 rings (SSSR count). The Balaban J connectivity index is 0.000000815. The number of aryl methyl sites for hydroxylation is 2. The van der Waals surface area contributed by atoms with Gasteiger partial charge in [-0.15, -0.1) is 0 Å². The minimum atomic E-state index is 1.28. The molecule has 0 N–H and O–H groups in total. The average Bonchev–Trinajstić information content (AvgIpc) is 2.64. The highest BCUT2D eigenvalue weighted by atomic mass is 14.1. The van der Waals surface area contributed by atoms with Crippen molar-refractivity contribution in [2.24, 2.45) is 0 Å². The Morgan fingerprint density at radius 2 is 1.21 bits per heavy atom. The van der Waals surface area contributed by atoms with Gasteiger partial charge in [-0.1, -0.05) is 80.6 Å². The zero-order valence-corrected chi connectivity index (χ0v) is 14.9. The minimum Gasteiger partial charge on any atom is -0.0683 e. The Bertz CT molecular complexity index is 979. The third-order valence-electron chi connectivity index (χ3n) is 4.50. The molecule has 0 aliphatic carbocycles. The van der Waals surface area contributed by atoms with Gasteiger partial charge in [0.25, 0.3) is 0 Å². The van der Waals surface area contributed by atoms with E-state index in [9.17, 15) is 0 Å². The monoisotopic (exact) mass is 312 g/mol. The predicted octanol–water partition coefficient (Wildman–Crippen LogP) is 7.30. The van der Waals surface area contributed by atoms with E-state index in [1.165, 1.54) is 43.8 Å². The molecule has 0 bridgehead atoms. The number of hydrogen-bond acceptors (Lipinski definition) is 0. The molecule has 4 aromatic carbocycles. The molecule has 0 fully saturated rings. The Hall–Kier alpha value is -2.60. The second kappa shape index (κ2) is 6.88. The molecule has 4 aromatic rings. The number of rotatable bonds is 1. The van der Waals surface area contributed by atoms with Gasteiger partial charge < -0.3 is 0 Å². The lowest BCUT2D eigenvalue weighted by molar-refractivity contribution is 1.50. The highest BCUT2D eigenvalue weighted by Gasteiger charge is 2.11. The van der Waals surface area contributed by atoms with Crippen LogP contribution in [-0.2, 0) is 0 Å². The Morgan fingerprint density at radius 3 is 1.92 bits per heavy atom. The maximum Gasteiger partial charge on any atom is -0.00672 e. The zero-order valence-electron chi connectivity index (χ0n) is 14.9. The minimum absolute atomic E-state index is 1.28. The van der Waals surface area contributed by atoms with E-state index >= 15 is 0 Å². The van der Waals surface area contributed by atoms with E-state index in [1.54, 1.807) is 0 Å². The molecule has 0 heteroatoms. The zero-order chi connectivity index (χ0) is 17.1. The first kappa shape index (κ1) is 16.3. The summed E-state index contributed by atoms with van der Waals surface area (Å²) in [4.78, 5) is 0. The van der Waals surface area contributed by atoms with Crippen LogP contribution in [0.5, 0.6) is 0 Å². The van der Waals surface area contributed by atoms with Crippen molar-refractivity contribution in [1.29, 1.82) is 0 Å². The summed E-state index contributed by atoms with van der Waals surface area (Å²) >= 11 is 0. The molecule has 0 unspecified atom stereocenters. The fraction of sp³-hybridized carbons (Fsp3) is 0.167. The number of benzene rings is 4. The van der Waals surface area contributed by atoms with Crippen molar-refractivity contribution in [2.75, 3.05) is 0 Å². The van der Waals surface area contributed by atoms with Gasteiger partial charge >= 0.3 is 0 Å². The second-order valence-corrected chi connectivity index (χ2v) is 5.96. The molecule has 0 aliphatic rings. The molecule has 0 spiro atoms. The molecule has 0 nitrogen and oxygen atoms in total. The molecule has 0 aromatic heterocycles. The lowest BCUT2D eigenvalue weighted by Crippen LogP contribution is -1.89. The maximum absolute atomic E-state index is 2.33. The van der Waals surface area contributed by atoms with Crippen molar-refractivity contribution < 1.29 is 0 Å². The van der Waals surface area contributed by atoms with E-state index in [1.807, 2.05) is 13.8 Å². The molecule has 0 aliphatic heterocycles. The lowest BCUT2D eigenvalue weighted by atomic mass is 9.89. The number of fused-ring (bicyclic) bond motifs is 3. The van der Waals surface area contributed by atoms with E-state index in [4.69, 9.17) is 0 Å². The van der Waals surface area contributed by atoms with Gasteiger partial charge in [0.1, 0.15) is 0 Å². The topological polar surface area (TPSA) is 0 Å². The highest BCUT2D eigenvalue weighted by molar-refractivity contribution is 6.16. The van der Waals surface area contributed by atoms with Gasteiger partial charge in [-0.3, -0.25) is 0 Å². The highest BCUT2D eigenvalue weighted by Crippen LogP contribution is 2.37. The van der Waals surface area contributed by atoms with Crippen LogP contribution in [0.2, 0.25) is 0 Å². The van der Waals surface area contributed by atoms with Crippen molar-refractivity contribution in [3.63, 3.8) is 0 Å². The van der Waals surface area contributed by atoms with E-state index in [-0.39, 0.29) is 0 Å². The quantitative estimate of drug-likeness (QED) is 0.323. The van der Waals surface area contributed by atoms with E-state index in [0.29, 0.717) is 0 Å². The van der Waals surface area contributed by atoms with Crippen LogP contribution in [0.1, 0.15) is 25.0 Å². The first-order chi connectivity index (χ1) is 11.8. The normalized spacial score (nSPS) is 10.5. The maximum atomic E-state index is 2.33. The van der Waals surface area contributed by atoms with Gasteiger partial charge in [0.15, 0.2) is 0 Å². The summed E-state index contributed by atoms with van der Waals surface area (Å²) in [6.45, 7) is 8.42. The summed E-state index contributed by atoms with van der Waals surface area (Å²) in [6.07, 6.45) is 0. The van der Waals surface area contributed by atoms with E-state index < -0.39 is 0 Å². The van der Waals surface area contributed by atoms with Gasteiger partial charge in [0, 0.05) is 0 Å². The van der Waals surface area contributed by atoms with Gasteiger partial charge in [-0.2, -0.15) is 0 Å². The van der Waals surface area contributed by atoms with Crippen LogP contribution in [0.4, 0.5) is 0 Å². The van der Waals surface area contributed by atoms with Crippen molar-refractivity contribution in [1.82, 2.24) is 0 Å². The SMILES string of the molecule is CC.Cc1cccc2cc(-c3ccccc3)c3cccc(C)c3c12. The summed E-state index contributed by atoms with van der Waals surface area (Å²) in [6, 6.07) is 26.2. The van der Waals surface area contributed by atoms with Crippen LogP contribution in [0.15, 0.2) is 72.8 Å². The Labute approximate surface area is 144 Å². The van der Waals surface area contributed by atoms with Crippen LogP contribution in [0.25, 0.3) is 32.7 Å². The molecule has 0 radical (unpaired) electrons. The van der Waals surface area contributed by atoms with Gasteiger partial charge in [0.2, 0.25) is 0 Å². The second-order valence-electron chi connectivity index (χ2n) is 5.96. The summed E-state index contributed by atoms with van der Waals surface area (Å²) in [7, 11) is 0. The first-order valence-electron chi connectivity index (χ1n) is 8.73. The molecule has 0 amide bonds. The van der Waals surface area contributed by atoms with Crippen molar-refractivity contribution in [2.45, 2.75) is 27.7 Å². The first-order valence-corrected chi connectivity index (χ1v) is 8.73. The lowest BCUT2D eigenvalue weighted by Gasteiger charge is -2.14. The summed E-state index contributed by atoms with van der Waals surface area (Å²) in [5, 5.41) is 5.43. The predicted molar refractivity (Wildman–Crippen MR) is 108 cm³/mol. The van der Waals surface area contributed by atoms with Crippen molar-refractivity contribution in [3.05, 3.63) is 83.9 Å². The average molecular weight is 312 g/mol. The third-order valence-corrected chi connectivity index (χ3v) is 4.50. The largest absolute Gasteiger partial charge is 0.0683 e. The molecule has 24 heavy (non-hydrogen) atoms. The Kier molecular flexibility index (Phi) is 4.66. The molecule has 120 valence electrons. The molecule has 0 atom stereocenters. The molecule has 0 saturated heterocycles. The van der Waals surface area contributed by atoms with Crippen LogP contribution >= 0.6 is 0 Å². The third kappa shape index (κ3) is 2.69. The van der Waals surface area contributed by atoms with Crippen LogP contribution in [-0.4, -0.2) is 0 Å². The Morgan fingerprint density at radius 1 is 0.583 bits per heavy atom. The molecular formula is C24H24. The molecule has 0 heterocycles. The van der Waals surface area contributed by atoms with Crippen molar-refractivity contribution >= 4 is 21.5 Å². The summed E-state index contributed by atoms with van der Waals surface area (Å²) < 4.78 is 0. The van der Waals surface area contributed by atoms with Gasteiger partial charge in [-0.05, 0) is 63.7 Å². The molecule has 0 saturated carbocycles. The standard InChI is InChI=1S/C22H18.C2H6/c1-15-8-6-12-18-14-20(17-10-4-3-5-11-17)19-13-7-9-16(2)22(19)21(15)18;1-2/h3-14H,1-2H3;1-2H3. The van der Waals surface area contributed by atoms with Crippen molar-refractivity contribution in [3.8, 4) is 11.1 Å². The summed E-state index contributed by atoms with van der Waals surface area (Å²) in [5.41, 5.74) is 5.28.